The standard InChI is InChI=1S/C12H13N3O3S/c1-17-7-10-14-15-12(19-10)13-11(16)8-4-3-5-9(6-8)18-2/h3-6H,7H2,1-2H3,(H,13,15,16). The van der Waals surface area contributed by atoms with Crippen LogP contribution in [0.2, 0.25) is 0 Å². The molecule has 0 aliphatic rings. The average molecular weight is 279 g/mol. The van der Waals surface area contributed by atoms with Gasteiger partial charge in [0.15, 0.2) is 0 Å². The Labute approximate surface area is 114 Å². The van der Waals surface area contributed by atoms with Gasteiger partial charge in [-0.25, -0.2) is 0 Å². The minimum absolute atomic E-state index is 0.251. The van der Waals surface area contributed by atoms with Crippen LogP contribution in [-0.4, -0.2) is 30.3 Å². The molecule has 0 radical (unpaired) electrons. The monoisotopic (exact) mass is 279 g/mol. The predicted octanol–water partition coefficient (Wildman–Crippen LogP) is 1.95. The van der Waals surface area contributed by atoms with Gasteiger partial charge in [-0.1, -0.05) is 17.4 Å². The number of nitrogens with zero attached hydrogens (tertiary/aromatic N) is 2. The van der Waals surface area contributed by atoms with Crippen molar-refractivity contribution in [1.29, 1.82) is 0 Å². The van der Waals surface area contributed by atoms with Crippen molar-refractivity contribution in [2.75, 3.05) is 19.5 Å². The van der Waals surface area contributed by atoms with Crippen LogP contribution in [0.3, 0.4) is 0 Å². The summed E-state index contributed by atoms with van der Waals surface area (Å²) in [7, 11) is 3.13. The smallest absolute Gasteiger partial charge is 0.257 e. The van der Waals surface area contributed by atoms with Crippen LogP contribution in [0.4, 0.5) is 5.13 Å². The van der Waals surface area contributed by atoms with Crippen LogP contribution in [0, 0.1) is 0 Å². The molecule has 0 atom stereocenters. The van der Waals surface area contributed by atoms with Crippen LogP contribution >= 0.6 is 11.3 Å². The van der Waals surface area contributed by atoms with Gasteiger partial charge in [-0.15, -0.1) is 10.2 Å². The lowest BCUT2D eigenvalue weighted by molar-refractivity contribution is 0.102. The lowest BCUT2D eigenvalue weighted by Crippen LogP contribution is -2.11. The first kappa shape index (κ1) is 13.4. The molecule has 7 heteroatoms. The summed E-state index contributed by atoms with van der Waals surface area (Å²) < 4.78 is 10.0. The third kappa shape index (κ3) is 3.49. The van der Waals surface area contributed by atoms with Crippen molar-refractivity contribution in [3.05, 3.63) is 34.8 Å². The number of nitrogens with one attached hydrogen (secondary N) is 1. The fraction of sp³-hybridized carbons (Fsp3) is 0.250. The molecule has 6 nitrogen and oxygen atoms in total. The normalized spacial score (nSPS) is 10.2. The maximum Gasteiger partial charge on any atom is 0.257 e. The summed E-state index contributed by atoms with van der Waals surface area (Å²) in [5.41, 5.74) is 0.503. The molecule has 0 saturated heterocycles. The van der Waals surface area contributed by atoms with Gasteiger partial charge >= 0.3 is 0 Å². The highest BCUT2D eigenvalue weighted by Crippen LogP contribution is 2.18. The van der Waals surface area contributed by atoms with Crippen LogP contribution in [0.1, 0.15) is 15.4 Å². The minimum Gasteiger partial charge on any atom is -0.497 e. The van der Waals surface area contributed by atoms with Crippen molar-refractivity contribution in [3.8, 4) is 5.75 Å². The number of carbonyl (C=O) groups is 1. The van der Waals surface area contributed by atoms with Crippen LogP contribution in [-0.2, 0) is 11.3 Å². The van der Waals surface area contributed by atoms with Crippen molar-refractivity contribution in [3.63, 3.8) is 0 Å². The molecule has 0 spiro atoms. The SMILES string of the molecule is COCc1nnc(NC(=O)c2cccc(OC)c2)s1. The van der Waals surface area contributed by atoms with Crippen molar-refractivity contribution >= 4 is 22.4 Å². The summed E-state index contributed by atoms with van der Waals surface area (Å²) in [5.74, 6) is 0.379. The molecule has 19 heavy (non-hydrogen) atoms. The summed E-state index contributed by atoms with van der Waals surface area (Å²) in [6, 6.07) is 6.89. The van der Waals surface area contributed by atoms with E-state index in [0.29, 0.717) is 28.1 Å². The Bertz CT molecular complexity index is 571. The molecule has 0 saturated carbocycles. The van der Waals surface area contributed by atoms with Crippen molar-refractivity contribution in [1.82, 2.24) is 10.2 Å². The number of carbonyl (C=O) groups excluding carboxylic acids is 1. The van der Waals surface area contributed by atoms with Crippen molar-refractivity contribution < 1.29 is 14.3 Å². The Morgan fingerprint density at radius 1 is 1.37 bits per heavy atom. The third-order valence-corrected chi connectivity index (χ3v) is 3.10. The van der Waals surface area contributed by atoms with Gasteiger partial charge < -0.3 is 9.47 Å². The second kappa shape index (κ2) is 6.26. The van der Waals surface area contributed by atoms with Gasteiger partial charge in [-0.2, -0.15) is 0 Å². The number of anilines is 1. The van der Waals surface area contributed by atoms with E-state index in [1.165, 1.54) is 11.3 Å². The van der Waals surface area contributed by atoms with Gasteiger partial charge in [0.05, 0.1) is 7.11 Å². The van der Waals surface area contributed by atoms with Gasteiger partial charge in [0.25, 0.3) is 5.91 Å². The number of rotatable bonds is 5. The Morgan fingerprint density at radius 3 is 2.95 bits per heavy atom. The highest BCUT2D eigenvalue weighted by molar-refractivity contribution is 7.15. The van der Waals surface area contributed by atoms with Gasteiger partial charge in [-0.3, -0.25) is 10.1 Å². The zero-order valence-electron chi connectivity index (χ0n) is 10.5. The number of hydrogen-bond donors (Lipinski definition) is 1. The van der Waals surface area contributed by atoms with E-state index in [0.717, 1.165) is 0 Å². The maximum absolute atomic E-state index is 12.0. The summed E-state index contributed by atoms with van der Waals surface area (Å²) >= 11 is 1.28. The Morgan fingerprint density at radius 2 is 2.21 bits per heavy atom. The maximum atomic E-state index is 12.0. The number of aromatic nitrogens is 2. The number of benzene rings is 1. The zero-order valence-corrected chi connectivity index (χ0v) is 11.4. The van der Waals surface area contributed by atoms with Crippen LogP contribution < -0.4 is 10.1 Å². The van der Waals surface area contributed by atoms with E-state index in [1.807, 2.05) is 0 Å². The summed E-state index contributed by atoms with van der Waals surface area (Å²) in [5, 5.41) is 11.6. The molecule has 0 aliphatic heterocycles. The molecule has 1 aromatic carbocycles. The molecule has 0 aliphatic carbocycles. The Balaban J connectivity index is 2.06. The topological polar surface area (TPSA) is 73.3 Å². The minimum atomic E-state index is -0.251. The molecule has 1 N–H and O–H groups in total. The van der Waals surface area contributed by atoms with Gasteiger partial charge in [0.1, 0.15) is 17.4 Å². The van der Waals surface area contributed by atoms with Gasteiger partial charge in [0.2, 0.25) is 5.13 Å². The molecule has 2 rings (SSSR count). The van der Waals surface area contributed by atoms with Gasteiger partial charge in [-0.05, 0) is 18.2 Å². The van der Waals surface area contributed by atoms with E-state index in [1.54, 1.807) is 38.5 Å². The third-order valence-electron chi connectivity index (χ3n) is 2.29. The first-order chi connectivity index (χ1) is 9.22. The van der Waals surface area contributed by atoms with Crippen LogP contribution in [0.15, 0.2) is 24.3 Å². The van der Waals surface area contributed by atoms with Crippen molar-refractivity contribution in [2.45, 2.75) is 6.61 Å². The number of methoxy groups -OCH3 is 2. The molecule has 1 aromatic heterocycles. The molecule has 0 unspecified atom stereocenters. The molecular weight excluding hydrogens is 266 g/mol. The van der Waals surface area contributed by atoms with E-state index in [-0.39, 0.29) is 5.91 Å². The van der Waals surface area contributed by atoms with E-state index in [9.17, 15) is 4.79 Å². The first-order valence-corrected chi connectivity index (χ1v) is 6.31. The number of amides is 1. The molecule has 0 fully saturated rings. The van der Waals surface area contributed by atoms with E-state index < -0.39 is 0 Å². The highest BCUT2D eigenvalue weighted by Gasteiger charge is 2.10. The molecule has 2 aromatic rings. The average Bonchev–Trinajstić information content (AvgIpc) is 2.86. The van der Waals surface area contributed by atoms with E-state index >= 15 is 0 Å². The Hall–Kier alpha value is -1.99. The number of ether oxygens (including phenoxy) is 2. The molecule has 0 bridgehead atoms. The summed E-state index contributed by atoms with van der Waals surface area (Å²) in [4.78, 5) is 12.0. The fourth-order valence-electron chi connectivity index (χ4n) is 1.42. The summed E-state index contributed by atoms with van der Waals surface area (Å²) in [6.07, 6.45) is 0. The molecule has 1 heterocycles. The second-order valence-electron chi connectivity index (χ2n) is 3.62. The number of hydrogen-bond acceptors (Lipinski definition) is 6. The highest BCUT2D eigenvalue weighted by atomic mass is 32.1. The first-order valence-electron chi connectivity index (χ1n) is 5.49. The Kier molecular flexibility index (Phi) is 4.43. The molecule has 100 valence electrons. The lowest BCUT2D eigenvalue weighted by atomic mass is 10.2. The van der Waals surface area contributed by atoms with Crippen LogP contribution in [0.5, 0.6) is 5.75 Å². The van der Waals surface area contributed by atoms with Crippen molar-refractivity contribution in [2.24, 2.45) is 0 Å². The van der Waals surface area contributed by atoms with Gasteiger partial charge in [0, 0.05) is 12.7 Å². The molecular formula is C12H13N3O3S. The molecule has 1 amide bonds. The second-order valence-corrected chi connectivity index (χ2v) is 4.68. The van der Waals surface area contributed by atoms with E-state index in [2.05, 4.69) is 15.5 Å². The predicted molar refractivity (Wildman–Crippen MR) is 71.6 cm³/mol. The van der Waals surface area contributed by atoms with Crippen LogP contribution in [0.25, 0.3) is 0 Å². The summed E-state index contributed by atoms with van der Waals surface area (Å²) in [6.45, 7) is 0.382. The fourth-order valence-corrected chi connectivity index (χ4v) is 2.13. The largest absolute Gasteiger partial charge is 0.497 e. The lowest BCUT2D eigenvalue weighted by Gasteiger charge is -2.03. The van der Waals surface area contributed by atoms with E-state index in [4.69, 9.17) is 9.47 Å². The zero-order chi connectivity index (χ0) is 13.7. The quantitative estimate of drug-likeness (QED) is 0.905.